The molecule has 138 valence electrons. The average Bonchev–Trinajstić information content (AvgIpc) is 2.70. The summed E-state index contributed by atoms with van der Waals surface area (Å²) in [6.07, 6.45) is 3.04. The summed E-state index contributed by atoms with van der Waals surface area (Å²) in [5.74, 6) is 0.676. The molecule has 0 radical (unpaired) electrons. The molecular formula is C19H24N4O3. The van der Waals surface area contributed by atoms with E-state index in [1.165, 1.54) is 12.4 Å². The topological polar surface area (TPSA) is 74.8 Å². The van der Waals surface area contributed by atoms with E-state index in [0.29, 0.717) is 0 Å². The lowest BCUT2D eigenvalue weighted by atomic mass is 10.0. The number of rotatable bonds is 4. The van der Waals surface area contributed by atoms with E-state index >= 15 is 0 Å². The summed E-state index contributed by atoms with van der Waals surface area (Å²) in [5, 5.41) is 4.75. The minimum atomic E-state index is -0.463. The predicted octanol–water partition coefficient (Wildman–Crippen LogP) is 2.02. The van der Waals surface area contributed by atoms with E-state index < -0.39 is 6.09 Å². The van der Waals surface area contributed by atoms with Gasteiger partial charge >= 0.3 is 6.09 Å². The molecule has 1 aliphatic heterocycles. The van der Waals surface area contributed by atoms with E-state index in [4.69, 9.17) is 4.74 Å². The van der Waals surface area contributed by atoms with Gasteiger partial charge in [0, 0.05) is 44.8 Å². The third-order valence-electron chi connectivity index (χ3n) is 4.86. The number of piperidine rings is 1. The van der Waals surface area contributed by atoms with Crippen molar-refractivity contribution < 1.29 is 14.3 Å². The second-order valence-corrected chi connectivity index (χ2v) is 6.41. The largest absolute Gasteiger partial charge is 0.439 e. The number of amides is 2. The Morgan fingerprint density at radius 2 is 2.00 bits per heavy atom. The minimum absolute atomic E-state index is 0.0958. The zero-order valence-corrected chi connectivity index (χ0v) is 15.1. The molecule has 1 aromatic carbocycles. The molecule has 0 aliphatic carbocycles. The lowest BCUT2D eigenvalue weighted by Gasteiger charge is -2.37. The fourth-order valence-electron chi connectivity index (χ4n) is 3.27. The molecule has 0 spiro atoms. The summed E-state index contributed by atoms with van der Waals surface area (Å²) in [5.41, 5.74) is 0. The van der Waals surface area contributed by atoms with Crippen LogP contribution in [0.3, 0.4) is 0 Å². The molecule has 0 bridgehead atoms. The van der Waals surface area contributed by atoms with Crippen molar-refractivity contribution in [1.29, 1.82) is 0 Å². The number of anilines is 1. The zero-order chi connectivity index (χ0) is 18.5. The van der Waals surface area contributed by atoms with Crippen molar-refractivity contribution in [2.75, 3.05) is 38.7 Å². The molecule has 1 fully saturated rings. The Bertz CT molecular complexity index is 782. The van der Waals surface area contributed by atoms with Gasteiger partial charge in [0.1, 0.15) is 5.82 Å². The smallest absolute Gasteiger partial charge is 0.410 e. The number of likely N-dealkylation sites (N-methyl/N-ethyl adjacent to an activating group) is 1. The van der Waals surface area contributed by atoms with Crippen molar-refractivity contribution in [2.24, 2.45) is 0 Å². The van der Waals surface area contributed by atoms with E-state index in [-0.39, 0.29) is 18.6 Å². The lowest BCUT2D eigenvalue weighted by molar-refractivity contribution is -0.123. The van der Waals surface area contributed by atoms with Crippen molar-refractivity contribution in [1.82, 2.24) is 15.2 Å². The van der Waals surface area contributed by atoms with Gasteiger partial charge in [0.2, 0.25) is 0 Å². The van der Waals surface area contributed by atoms with Gasteiger partial charge in [-0.2, -0.15) is 0 Å². The Balaban J connectivity index is 1.60. The van der Waals surface area contributed by atoms with Gasteiger partial charge in [0.15, 0.2) is 6.61 Å². The molecule has 1 aliphatic rings. The van der Waals surface area contributed by atoms with Gasteiger partial charge in [-0.1, -0.05) is 24.3 Å². The van der Waals surface area contributed by atoms with Crippen molar-refractivity contribution in [2.45, 2.75) is 18.9 Å². The molecule has 2 aromatic rings. The number of nitrogens with zero attached hydrogens (tertiary/aromatic N) is 3. The van der Waals surface area contributed by atoms with Crippen LogP contribution in [0, 0.1) is 0 Å². The molecule has 7 heteroatoms. The van der Waals surface area contributed by atoms with Crippen molar-refractivity contribution in [3.05, 3.63) is 36.5 Å². The number of carbonyl (C=O) groups is 2. The van der Waals surface area contributed by atoms with E-state index in [2.05, 4.69) is 27.3 Å². The Hall–Kier alpha value is -2.83. The third kappa shape index (κ3) is 3.87. The molecule has 3 rings (SSSR count). The Morgan fingerprint density at radius 3 is 2.73 bits per heavy atom. The number of hydrogen-bond acceptors (Lipinski definition) is 5. The van der Waals surface area contributed by atoms with Gasteiger partial charge in [-0.3, -0.25) is 4.79 Å². The van der Waals surface area contributed by atoms with Crippen molar-refractivity contribution >= 4 is 28.6 Å². The van der Waals surface area contributed by atoms with Crippen LogP contribution in [0.1, 0.15) is 12.8 Å². The van der Waals surface area contributed by atoms with Crippen LogP contribution < -0.4 is 10.2 Å². The minimum Gasteiger partial charge on any atom is -0.439 e. The number of pyridine rings is 1. The number of benzene rings is 1. The van der Waals surface area contributed by atoms with E-state index in [1.54, 1.807) is 11.9 Å². The molecule has 0 saturated carbocycles. The van der Waals surface area contributed by atoms with Gasteiger partial charge in [-0.15, -0.1) is 0 Å². The maximum absolute atomic E-state index is 12.1. The molecule has 7 nitrogen and oxygen atoms in total. The van der Waals surface area contributed by atoms with Gasteiger partial charge < -0.3 is 19.9 Å². The van der Waals surface area contributed by atoms with Crippen LogP contribution in [0.25, 0.3) is 10.8 Å². The highest BCUT2D eigenvalue weighted by Crippen LogP contribution is 2.27. The second kappa shape index (κ2) is 8.03. The standard InChI is InChI=1S/C19H24N4O3/c1-20-17(24)13-26-19(25)22(2)15-8-11-23(12-9-15)18-16-6-4-3-5-14(16)7-10-21-18/h3-7,10,15H,8-9,11-13H2,1-2H3,(H,20,24). The zero-order valence-electron chi connectivity index (χ0n) is 15.1. The van der Waals surface area contributed by atoms with Crippen LogP contribution in [0.15, 0.2) is 36.5 Å². The van der Waals surface area contributed by atoms with Crippen LogP contribution in [0.5, 0.6) is 0 Å². The first kappa shape index (κ1) is 18.0. The molecule has 0 atom stereocenters. The Morgan fingerprint density at radius 1 is 1.27 bits per heavy atom. The number of ether oxygens (including phenoxy) is 1. The molecular weight excluding hydrogens is 332 g/mol. The summed E-state index contributed by atoms with van der Waals surface area (Å²) in [4.78, 5) is 31.7. The van der Waals surface area contributed by atoms with E-state index in [1.807, 2.05) is 24.4 Å². The van der Waals surface area contributed by atoms with Crippen LogP contribution in [-0.2, 0) is 9.53 Å². The normalized spacial score (nSPS) is 14.9. The predicted molar refractivity (Wildman–Crippen MR) is 100 cm³/mol. The van der Waals surface area contributed by atoms with E-state index in [0.717, 1.165) is 37.1 Å². The molecule has 1 saturated heterocycles. The van der Waals surface area contributed by atoms with Crippen LogP contribution in [0.4, 0.5) is 10.6 Å². The first-order valence-electron chi connectivity index (χ1n) is 8.79. The molecule has 26 heavy (non-hydrogen) atoms. The average molecular weight is 356 g/mol. The van der Waals surface area contributed by atoms with Crippen LogP contribution in [0.2, 0.25) is 0 Å². The van der Waals surface area contributed by atoms with Gasteiger partial charge in [0.25, 0.3) is 5.91 Å². The Kier molecular flexibility index (Phi) is 5.55. The van der Waals surface area contributed by atoms with Crippen LogP contribution >= 0.6 is 0 Å². The monoisotopic (exact) mass is 356 g/mol. The van der Waals surface area contributed by atoms with Crippen molar-refractivity contribution in [3.8, 4) is 0 Å². The molecule has 0 unspecified atom stereocenters. The molecule has 1 aromatic heterocycles. The SMILES string of the molecule is CNC(=O)COC(=O)N(C)C1CCN(c2nccc3ccccc23)CC1. The second-order valence-electron chi connectivity index (χ2n) is 6.41. The maximum atomic E-state index is 12.1. The van der Waals surface area contributed by atoms with Gasteiger partial charge in [-0.25, -0.2) is 9.78 Å². The third-order valence-corrected chi connectivity index (χ3v) is 4.86. The summed E-state index contributed by atoms with van der Waals surface area (Å²) in [7, 11) is 3.24. The fraction of sp³-hybridized carbons (Fsp3) is 0.421. The maximum Gasteiger partial charge on any atom is 0.410 e. The number of aromatic nitrogens is 1. The first-order chi connectivity index (χ1) is 12.6. The van der Waals surface area contributed by atoms with Crippen LogP contribution in [-0.4, -0.2) is 61.7 Å². The summed E-state index contributed by atoms with van der Waals surface area (Å²) >= 11 is 0. The fourth-order valence-corrected chi connectivity index (χ4v) is 3.27. The lowest BCUT2D eigenvalue weighted by Crippen LogP contribution is -2.46. The highest BCUT2D eigenvalue weighted by atomic mass is 16.6. The quantitative estimate of drug-likeness (QED) is 0.907. The summed E-state index contributed by atoms with van der Waals surface area (Å²) in [6.45, 7) is 1.38. The highest BCUT2D eigenvalue weighted by molar-refractivity contribution is 5.92. The molecule has 1 N–H and O–H groups in total. The molecule has 2 amide bonds. The first-order valence-corrected chi connectivity index (χ1v) is 8.79. The van der Waals surface area contributed by atoms with E-state index in [9.17, 15) is 9.59 Å². The Labute approximate surface area is 152 Å². The van der Waals surface area contributed by atoms with Crippen molar-refractivity contribution in [3.63, 3.8) is 0 Å². The number of fused-ring (bicyclic) bond motifs is 1. The van der Waals surface area contributed by atoms with Gasteiger partial charge in [0.05, 0.1) is 0 Å². The highest BCUT2D eigenvalue weighted by Gasteiger charge is 2.27. The summed E-state index contributed by atoms with van der Waals surface area (Å²) in [6, 6.07) is 10.3. The number of carbonyl (C=O) groups excluding carboxylic acids is 2. The molecule has 2 heterocycles. The number of nitrogens with one attached hydrogen (secondary N) is 1. The summed E-state index contributed by atoms with van der Waals surface area (Å²) < 4.78 is 5.03. The number of hydrogen-bond donors (Lipinski definition) is 1. The van der Waals surface area contributed by atoms with Gasteiger partial charge in [-0.05, 0) is 24.3 Å².